The van der Waals surface area contributed by atoms with Crippen LogP contribution in [0.2, 0.25) is 0 Å². The highest BCUT2D eigenvalue weighted by molar-refractivity contribution is 5.67. The van der Waals surface area contributed by atoms with Gasteiger partial charge in [-0.1, -0.05) is 76.2 Å². The molecule has 0 N–H and O–H groups in total. The molecule has 0 amide bonds. The Morgan fingerprint density at radius 1 is 0.900 bits per heavy atom. The molecule has 0 bridgehead atoms. The normalized spacial score (nSPS) is 13.2. The summed E-state index contributed by atoms with van der Waals surface area (Å²) in [4.78, 5) is 0. The lowest BCUT2D eigenvalue weighted by Gasteiger charge is -2.23. The molecule has 20 heavy (non-hydrogen) atoms. The van der Waals surface area contributed by atoms with Crippen molar-refractivity contribution in [2.75, 3.05) is 0 Å². The maximum atomic E-state index is 2.33. The molecule has 0 nitrogen and oxygen atoms in total. The fourth-order valence-electron chi connectivity index (χ4n) is 2.92. The van der Waals surface area contributed by atoms with Gasteiger partial charge in [-0.25, -0.2) is 0 Å². The Kier molecular flexibility index (Phi) is 4.32. The van der Waals surface area contributed by atoms with E-state index in [4.69, 9.17) is 0 Å². The van der Waals surface area contributed by atoms with E-state index in [9.17, 15) is 0 Å². The molecular weight excluding hydrogens is 240 g/mol. The van der Waals surface area contributed by atoms with Crippen molar-refractivity contribution in [1.82, 2.24) is 0 Å². The SMILES string of the molecule is Cc1ccccc1-c1ccc(C(C)CC(C)(C)C)cc1. The molecule has 0 radical (unpaired) electrons. The maximum absolute atomic E-state index is 2.33. The molecule has 0 heterocycles. The molecule has 0 aliphatic carbocycles. The number of rotatable bonds is 3. The third-order valence-electron chi connectivity index (χ3n) is 3.85. The molecule has 0 fully saturated rings. The molecule has 1 atom stereocenters. The fourth-order valence-corrected chi connectivity index (χ4v) is 2.92. The highest BCUT2D eigenvalue weighted by atomic mass is 14.2. The van der Waals surface area contributed by atoms with Crippen LogP contribution in [0, 0.1) is 12.3 Å². The standard InChI is InChI=1S/C20H26/c1-15-8-6-7-9-19(15)18-12-10-17(11-13-18)16(2)14-20(3,4)5/h6-13,16H,14H2,1-5H3. The maximum Gasteiger partial charge on any atom is -0.0155 e. The van der Waals surface area contributed by atoms with Gasteiger partial charge in [-0.15, -0.1) is 0 Å². The summed E-state index contributed by atoms with van der Waals surface area (Å²) in [5.74, 6) is 0.612. The molecule has 2 aromatic rings. The Labute approximate surface area is 123 Å². The van der Waals surface area contributed by atoms with E-state index < -0.39 is 0 Å². The van der Waals surface area contributed by atoms with Crippen LogP contribution in [-0.4, -0.2) is 0 Å². The number of hydrogen-bond acceptors (Lipinski definition) is 0. The van der Waals surface area contributed by atoms with Crippen molar-refractivity contribution in [1.29, 1.82) is 0 Å². The molecule has 1 unspecified atom stereocenters. The van der Waals surface area contributed by atoms with E-state index in [2.05, 4.69) is 83.1 Å². The van der Waals surface area contributed by atoms with Crippen molar-refractivity contribution in [3.05, 3.63) is 59.7 Å². The molecule has 2 rings (SSSR count). The van der Waals surface area contributed by atoms with E-state index in [1.54, 1.807) is 0 Å². The van der Waals surface area contributed by atoms with Crippen LogP contribution >= 0.6 is 0 Å². The molecule has 0 saturated carbocycles. The van der Waals surface area contributed by atoms with Crippen LogP contribution in [0.15, 0.2) is 48.5 Å². The van der Waals surface area contributed by atoms with Crippen LogP contribution in [0.5, 0.6) is 0 Å². The van der Waals surface area contributed by atoms with Crippen LogP contribution in [0.25, 0.3) is 11.1 Å². The second kappa shape index (κ2) is 5.83. The van der Waals surface area contributed by atoms with Gasteiger partial charge in [0.25, 0.3) is 0 Å². The molecule has 0 aliphatic heterocycles. The quantitative estimate of drug-likeness (QED) is 0.620. The smallest absolute Gasteiger partial charge is 0.0155 e. The summed E-state index contributed by atoms with van der Waals surface area (Å²) in [5.41, 5.74) is 5.81. The molecule has 0 saturated heterocycles. The van der Waals surface area contributed by atoms with Crippen molar-refractivity contribution in [3.63, 3.8) is 0 Å². The van der Waals surface area contributed by atoms with Gasteiger partial charge in [-0.05, 0) is 46.9 Å². The van der Waals surface area contributed by atoms with Gasteiger partial charge < -0.3 is 0 Å². The third-order valence-corrected chi connectivity index (χ3v) is 3.85. The zero-order chi connectivity index (χ0) is 14.8. The van der Waals surface area contributed by atoms with Crippen molar-refractivity contribution in [2.24, 2.45) is 5.41 Å². The summed E-state index contributed by atoms with van der Waals surface area (Å²) in [6.07, 6.45) is 1.22. The first-order chi connectivity index (χ1) is 9.37. The van der Waals surface area contributed by atoms with Crippen molar-refractivity contribution >= 4 is 0 Å². The Hall–Kier alpha value is -1.56. The summed E-state index contributed by atoms with van der Waals surface area (Å²) >= 11 is 0. The Balaban J connectivity index is 2.21. The molecule has 106 valence electrons. The van der Waals surface area contributed by atoms with Gasteiger partial charge >= 0.3 is 0 Å². The average molecular weight is 266 g/mol. The van der Waals surface area contributed by atoms with Crippen LogP contribution < -0.4 is 0 Å². The van der Waals surface area contributed by atoms with Crippen molar-refractivity contribution < 1.29 is 0 Å². The van der Waals surface area contributed by atoms with Gasteiger partial charge in [-0.2, -0.15) is 0 Å². The highest BCUT2D eigenvalue weighted by Crippen LogP contribution is 2.32. The zero-order valence-corrected chi connectivity index (χ0v) is 13.4. The summed E-state index contributed by atoms with van der Waals surface area (Å²) in [6.45, 7) is 11.4. The molecule has 0 spiro atoms. The van der Waals surface area contributed by atoms with Gasteiger partial charge in [-0.3, -0.25) is 0 Å². The first-order valence-corrected chi connectivity index (χ1v) is 7.53. The van der Waals surface area contributed by atoms with E-state index in [1.165, 1.54) is 28.7 Å². The van der Waals surface area contributed by atoms with Crippen LogP contribution in [0.4, 0.5) is 0 Å². The number of aryl methyl sites for hydroxylation is 1. The average Bonchev–Trinajstić information content (AvgIpc) is 2.37. The lowest BCUT2D eigenvalue weighted by atomic mass is 9.82. The summed E-state index contributed by atoms with van der Waals surface area (Å²) in [5, 5.41) is 0. The molecule has 0 heteroatoms. The number of hydrogen-bond donors (Lipinski definition) is 0. The van der Waals surface area contributed by atoms with E-state index >= 15 is 0 Å². The second-order valence-electron chi connectivity index (χ2n) is 7.10. The third kappa shape index (κ3) is 3.72. The molecule has 2 aromatic carbocycles. The minimum Gasteiger partial charge on any atom is -0.0620 e. The molecule has 0 aromatic heterocycles. The van der Waals surface area contributed by atoms with E-state index in [1.807, 2.05) is 0 Å². The van der Waals surface area contributed by atoms with Gasteiger partial charge in [0.15, 0.2) is 0 Å². The van der Waals surface area contributed by atoms with Crippen LogP contribution in [0.3, 0.4) is 0 Å². The van der Waals surface area contributed by atoms with E-state index in [0.29, 0.717) is 11.3 Å². The lowest BCUT2D eigenvalue weighted by molar-refractivity contribution is 0.349. The molecule has 0 aliphatic rings. The predicted octanol–water partition coefficient (Wildman–Crippen LogP) is 6.20. The topological polar surface area (TPSA) is 0 Å². The second-order valence-corrected chi connectivity index (χ2v) is 7.10. The Bertz CT molecular complexity index is 555. The summed E-state index contributed by atoms with van der Waals surface area (Å²) in [7, 11) is 0. The fraction of sp³-hybridized carbons (Fsp3) is 0.400. The number of benzene rings is 2. The zero-order valence-electron chi connectivity index (χ0n) is 13.4. The monoisotopic (exact) mass is 266 g/mol. The van der Waals surface area contributed by atoms with E-state index in [-0.39, 0.29) is 0 Å². The largest absolute Gasteiger partial charge is 0.0620 e. The summed E-state index contributed by atoms with van der Waals surface area (Å²) < 4.78 is 0. The lowest BCUT2D eigenvalue weighted by Crippen LogP contribution is -2.09. The van der Waals surface area contributed by atoms with Gasteiger partial charge in [0.2, 0.25) is 0 Å². The predicted molar refractivity (Wildman–Crippen MR) is 89.1 cm³/mol. The Morgan fingerprint density at radius 2 is 1.50 bits per heavy atom. The Morgan fingerprint density at radius 3 is 2.05 bits per heavy atom. The highest BCUT2D eigenvalue weighted by Gasteiger charge is 2.16. The van der Waals surface area contributed by atoms with Gasteiger partial charge in [0.1, 0.15) is 0 Å². The summed E-state index contributed by atoms with van der Waals surface area (Å²) in [6, 6.07) is 17.7. The molecular formula is C20H26. The van der Waals surface area contributed by atoms with Crippen LogP contribution in [0.1, 0.15) is 51.2 Å². The minimum absolute atomic E-state index is 0.383. The van der Waals surface area contributed by atoms with Crippen molar-refractivity contribution in [3.8, 4) is 11.1 Å². The minimum atomic E-state index is 0.383. The van der Waals surface area contributed by atoms with Crippen LogP contribution in [-0.2, 0) is 0 Å². The van der Waals surface area contributed by atoms with Crippen molar-refractivity contribution in [2.45, 2.75) is 47.0 Å². The first kappa shape index (κ1) is 14.8. The van der Waals surface area contributed by atoms with Gasteiger partial charge in [0, 0.05) is 0 Å². The van der Waals surface area contributed by atoms with Gasteiger partial charge in [0.05, 0.1) is 0 Å². The first-order valence-electron chi connectivity index (χ1n) is 7.53. The van der Waals surface area contributed by atoms with E-state index in [0.717, 1.165) is 0 Å².